The maximum atomic E-state index is 11.3. The summed E-state index contributed by atoms with van der Waals surface area (Å²) in [4.78, 5) is 11.3. The summed E-state index contributed by atoms with van der Waals surface area (Å²) in [6.45, 7) is 35.6. The molecule has 0 fully saturated rings. The van der Waals surface area contributed by atoms with Crippen molar-refractivity contribution in [3.8, 4) is 51.0 Å². The molecule has 0 heterocycles. The van der Waals surface area contributed by atoms with Crippen LogP contribution < -0.4 is 22.8 Å². The molecule has 0 aliphatic heterocycles. The fraction of sp³-hybridized carbons (Fsp3) is 0.525. The van der Waals surface area contributed by atoms with Gasteiger partial charge in [-0.1, -0.05) is 80.5 Å². The largest absolute Gasteiger partial charge is 0.544 e. The number of carbonyl (C=O) groups is 1. The molecule has 0 bridgehead atoms. The average molecular weight is 723 g/mol. The topological polar surface area (TPSA) is 63.2 Å². The van der Waals surface area contributed by atoms with E-state index in [-0.39, 0.29) is 21.7 Å². The molecule has 0 radical (unpaired) electrons. The first-order chi connectivity index (χ1) is 22.3. The number of methoxy groups -OCH3 is 1. The van der Waals surface area contributed by atoms with E-state index in [1.165, 1.54) is 0 Å². The predicted molar refractivity (Wildman–Crippen MR) is 214 cm³/mol. The summed E-state index contributed by atoms with van der Waals surface area (Å²) in [6.07, 6.45) is 0.759. The molecule has 3 aromatic rings. The van der Waals surface area contributed by atoms with E-state index >= 15 is 0 Å². The molecule has 0 atom stereocenters. The molecule has 0 N–H and O–H groups in total. The van der Waals surface area contributed by atoms with Crippen molar-refractivity contribution in [2.24, 2.45) is 0 Å². The maximum absolute atomic E-state index is 11.3. The Balaban J connectivity index is 2.31. The minimum atomic E-state index is -2.35. The Labute approximate surface area is 300 Å². The lowest BCUT2D eigenvalue weighted by atomic mass is 9.93. The van der Waals surface area contributed by atoms with Crippen LogP contribution in [0.3, 0.4) is 0 Å². The molecule has 0 saturated carbocycles. The van der Waals surface area contributed by atoms with Crippen molar-refractivity contribution < 1.29 is 27.5 Å². The van der Waals surface area contributed by atoms with Crippen LogP contribution in [0, 0.1) is 6.92 Å². The lowest BCUT2D eigenvalue weighted by Crippen LogP contribution is -2.44. The standard InChI is InChI=1S/C40H62O6Si3/c1-28-26-32(29-18-21-31(22-19-29)44-47(12,13)38(2,3)4)36(42-11)37(46-49(16,17)40(8,9)10)35(28)30-20-23-33(43-25-24-41)34(27-30)45-48(14,15)39(5,6)7/h18-24,26-27H,25H2,1-17H3. The van der Waals surface area contributed by atoms with E-state index in [9.17, 15) is 4.79 Å². The van der Waals surface area contributed by atoms with Gasteiger partial charge in [0.2, 0.25) is 8.32 Å². The van der Waals surface area contributed by atoms with Crippen molar-refractivity contribution in [1.29, 1.82) is 0 Å². The number of aldehydes is 1. The van der Waals surface area contributed by atoms with Gasteiger partial charge in [0.05, 0.1) is 7.11 Å². The SMILES string of the molecule is COc1c(-c2ccc(O[Si](C)(C)C(C)(C)C)cc2)cc(C)c(-c2ccc(OCC=O)c(O[Si](C)(C)C(C)(C)C)c2)c1O[Si](C)(C)C(C)(C)C. The van der Waals surface area contributed by atoms with Crippen molar-refractivity contribution in [3.63, 3.8) is 0 Å². The highest BCUT2D eigenvalue weighted by Crippen LogP contribution is 2.52. The first-order valence-corrected chi connectivity index (χ1v) is 26.1. The second kappa shape index (κ2) is 14.3. The second-order valence-electron chi connectivity index (χ2n) is 17.7. The third-order valence-corrected chi connectivity index (χ3v) is 23.9. The molecule has 9 heteroatoms. The van der Waals surface area contributed by atoms with Gasteiger partial charge in [-0.25, -0.2) is 0 Å². The normalized spacial score (nSPS) is 13.2. The van der Waals surface area contributed by atoms with E-state index in [1.807, 2.05) is 18.2 Å². The molecule has 0 aromatic heterocycles. The zero-order chi connectivity index (χ0) is 37.4. The Kier molecular flexibility index (Phi) is 11.8. The van der Waals surface area contributed by atoms with Crippen LogP contribution in [-0.2, 0) is 4.79 Å². The number of aryl methyl sites for hydroxylation is 1. The summed E-state index contributed by atoms with van der Waals surface area (Å²) in [5.41, 5.74) is 4.91. The number of ether oxygens (including phenoxy) is 2. The van der Waals surface area contributed by atoms with Crippen LogP contribution in [0.2, 0.25) is 54.4 Å². The third kappa shape index (κ3) is 9.02. The van der Waals surface area contributed by atoms with Crippen molar-refractivity contribution in [1.82, 2.24) is 0 Å². The Morgan fingerprint density at radius 3 is 1.59 bits per heavy atom. The van der Waals surface area contributed by atoms with Gasteiger partial charge in [0, 0.05) is 11.1 Å². The van der Waals surface area contributed by atoms with Gasteiger partial charge in [-0.3, -0.25) is 4.79 Å². The Bertz CT molecular complexity index is 1620. The first kappa shape index (κ1) is 40.4. The molecule has 3 rings (SSSR count). The molecular weight excluding hydrogens is 661 g/mol. The lowest BCUT2D eigenvalue weighted by molar-refractivity contribution is -0.109. The molecule has 0 amide bonds. The Morgan fingerprint density at radius 1 is 0.612 bits per heavy atom. The van der Waals surface area contributed by atoms with Gasteiger partial charge in [-0.05, 0) is 108 Å². The molecule has 270 valence electrons. The summed E-state index contributed by atoms with van der Waals surface area (Å²) in [6, 6.07) is 16.5. The predicted octanol–water partition coefficient (Wildman–Crippen LogP) is 12.1. The van der Waals surface area contributed by atoms with Gasteiger partial charge >= 0.3 is 0 Å². The molecule has 0 spiro atoms. The molecular formula is C40H62O6Si3. The minimum Gasteiger partial charge on any atom is -0.544 e. The molecule has 0 aliphatic carbocycles. The molecule has 3 aromatic carbocycles. The van der Waals surface area contributed by atoms with E-state index in [0.29, 0.717) is 17.2 Å². The molecule has 0 aliphatic rings. The lowest BCUT2D eigenvalue weighted by Gasteiger charge is -2.38. The van der Waals surface area contributed by atoms with Crippen molar-refractivity contribution in [3.05, 3.63) is 54.1 Å². The number of hydrogen-bond acceptors (Lipinski definition) is 6. The van der Waals surface area contributed by atoms with Gasteiger partial charge < -0.3 is 22.8 Å². The van der Waals surface area contributed by atoms with Crippen LogP contribution in [0.4, 0.5) is 0 Å². The van der Waals surface area contributed by atoms with Gasteiger partial charge in [-0.15, -0.1) is 0 Å². The minimum absolute atomic E-state index is 0.0341. The number of rotatable bonds is 12. The summed E-state index contributed by atoms with van der Waals surface area (Å²) in [5.74, 6) is 3.48. The van der Waals surface area contributed by atoms with Crippen LogP contribution in [0.1, 0.15) is 67.9 Å². The van der Waals surface area contributed by atoms with Crippen LogP contribution in [0.5, 0.6) is 28.7 Å². The highest BCUT2D eigenvalue weighted by molar-refractivity contribution is 6.75. The average Bonchev–Trinajstić information content (AvgIpc) is 2.94. The van der Waals surface area contributed by atoms with Crippen LogP contribution in [-0.4, -0.2) is 45.0 Å². The quantitative estimate of drug-likeness (QED) is 0.137. The van der Waals surface area contributed by atoms with Crippen molar-refractivity contribution in [2.45, 2.75) is 124 Å². The van der Waals surface area contributed by atoms with E-state index in [4.69, 9.17) is 22.8 Å². The third-order valence-electron chi connectivity index (χ3n) is 10.9. The maximum Gasteiger partial charge on any atom is 0.250 e. The van der Waals surface area contributed by atoms with Crippen LogP contribution >= 0.6 is 0 Å². The van der Waals surface area contributed by atoms with Gasteiger partial charge in [0.15, 0.2) is 23.5 Å². The smallest absolute Gasteiger partial charge is 0.250 e. The van der Waals surface area contributed by atoms with Gasteiger partial charge in [-0.2, -0.15) is 0 Å². The zero-order valence-corrected chi connectivity index (χ0v) is 36.4. The fourth-order valence-corrected chi connectivity index (χ4v) is 7.67. The van der Waals surface area contributed by atoms with Crippen LogP contribution in [0.25, 0.3) is 22.3 Å². The Hall–Kier alpha value is -3.02. The highest BCUT2D eigenvalue weighted by atomic mass is 28.4. The van der Waals surface area contributed by atoms with E-state index in [2.05, 4.69) is 139 Å². The van der Waals surface area contributed by atoms with E-state index in [1.54, 1.807) is 7.11 Å². The fourth-order valence-electron chi connectivity index (χ4n) is 4.62. The van der Waals surface area contributed by atoms with E-state index < -0.39 is 25.0 Å². The van der Waals surface area contributed by atoms with Crippen molar-refractivity contribution >= 4 is 31.2 Å². The number of hydrogen-bond donors (Lipinski definition) is 0. The van der Waals surface area contributed by atoms with Crippen LogP contribution in [0.15, 0.2) is 48.5 Å². The monoisotopic (exact) mass is 722 g/mol. The molecule has 0 saturated heterocycles. The zero-order valence-electron chi connectivity index (χ0n) is 33.4. The van der Waals surface area contributed by atoms with Crippen molar-refractivity contribution in [2.75, 3.05) is 13.7 Å². The Morgan fingerprint density at radius 2 is 1.10 bits per heavy atom. The number of carbonyl (C=O) groups excluding carboxylic acids is 1. The van der Waals surface area contributed by atoms with E-state index in [0.717, 1.165) is 45.6 Å². The summed E-state index contributed by atoms with van der Waals surface area (Å²) >= 11 is 0. The molecule has 49 heavy (non-hydrogen) atoms. The number of benzene rings is 3. The van der Waals surface area contributed by atoms with Gasteiger partial charge in [0.25, 0.3) is 16.6 Å². The highest BCUT2D eigenvalue weighted by Gasteiger charge is 2.42. The first-order valence-electron chi connectivity index (χ1n) is 17.4. The summed E-state index contributed by atoms with van der Waals surface area (Å²) < 4.78 is 32.8. The summed E-state index contributed by atoms with van der Waals surface area (Å²) in [7, 11) is -4.87. The second-order valence-corrected chi connectivity index (χ2v) is 31.9. The molecule has 6 nitrogen and oxygen atoms in total. The molecule has 0 unspecified atom stereocenters. The summed E-state index contributed by atoms with van der Waals surface area (Å²) in [5, 5.41) is 0.0187. The van der Waals surface area contributed by atoms with Gasteiger partial charge in [0.1, 0.15) is 18.1 Å².